The number of anilines is 1. The fourth-order valence-corrected chi connectivity index (χ4v) is 3.03. The minimum absolute atomic E-state index is 0.251. The number of halogens is 1. The van der Waals surface area contributed by atoms with Crippen LogP contribution >= 0.6 is 11.6 Å². The van der Waals surface area contributed by atoms with Crippen LogP contribution in [-0.2, 0) is 0 Å². The number of fused-ring (bicyclic) bond motifs is 1. The number of carbonyl (C=O) groups is 2. The van der Waals surface area contributed by atoms with E-state index in [0.29, 0.717) is 51.0 Å². The Kier molecular flexibility index (Phi) is 6.58. The summed E-state index contributed by atoms with van der Waals surface area (Å²) in [6.07, 6.45) is 1.60. The van der Waals surface area contributed by atoms with Gasteiger partial charge in [-0.25, -0.2) is 4.79 Å². The Labute approximate surface area is 178 Å². The van der Waals surface area contributed by atoms with Gasteiger partial charge in [-0.2, -0.15) is 0 Å². The van der Waals surface area contributed by atoms with Crippen LogP contribution in [0.2, 0.25) is 5.02 Å². The second-order valence-electron chi connectivity index (χ2n) is 6.19. The molecule has 30 heavy (non-hydrogen) atoms. The second kappa shape index (κ2) is 9.32. The number of ether oxygens (including phenoxy) is 2. The van der Waals surface area contributed by atoms with Crippen LogP contribution in [0, 0.1) is 0 Å². The van der Waals surface area contributed by atoms with Crippen molar-refractivity contribution < 1.29 is 19.1 Å². The highest BCUT2D eigenvalue weighted by atomic mass is 35.5. The normalized spacial score (nSPS) is 10.4. The van der Waals surface area contributed by atoms with Gasteiger partial charge >= 0.3 is 6.03 Å². The lowest BCUT2D eigenvalue weighted by Crippen LogP contribution is -2.24. The van der Waals surface area contributed by atoms with E-state index in [9.17, 15) is 9.59 Å². The van der Waals surface area contributed by atoms with E-state index in [0.717, 1.165) is 0 Å². The molecule has 0 fully saturated rings. The quantitative estimate of drug-likeness (QED) is 0.546. The smallest absolute Gasteiger partial charge is 0.319 e. The number of nitrogens with zero attached hydrogens (tertiary/aromatic N) is 1. The molecule has 1 heterocycles. The highest BCUT2D eigenvalue weighted by molar-refractivity contribution is 6.33. The van der Waals surface area contributed by atoms with Crippen molar-refractivity contribution in [3.05, 3.63) is 53.2 Å². The highest BCUT2D eigenvalue weighted by Gasteiger charge is 2.16. The number of nitrogens with one attached hydrogen (secondary N) is 3. The third kappa shape index (κ3) is 4.55. The molecule has 0 radical (unpaired) electrons. The van der Waals surface area contributed by atoms with E-state index in [1.165, 1.54) is 14.2 Å². The van der Waals surface area contributed by atoms with Crippen molar-refractivity contribution in [1.82, 2.24) is 15.6 Å². The van der Waals surface area contributed by atoms with E-state index in [1.54, 1.807) is 42.6 Å². The van der Waals surface area contributed by atoms with E-state index >= 15 is 0 Å². The summed E-state index contributed by atoms with van der Waals surface area (Å²) in [5, 5.41) is 8.81. The molecule has 156 valence electrons. The summed E-state index contributed by atoms with van der Waals surface area (Å²) in [6.45, 7) is 2.33. The van der Waals surface area contributed by atoms with Gasteiger partial charge in [0.1, 0.15) is 17.2 Å². The van der Waals surface area contributed by atoms with Crippen molar-refractivity contribution in [3.8, 4) is 17.2 Å². The van der Waals surface area contributed by atoms with Gasteiger partial charge in [0, 0.05) is 37.3 Å². The molecular formula is C21H21ClN4O4. The topological polar surface area (TPSA) is 102 Å². The first-order valence-corrected chi connectivity index (χ1v) is 9.55. The molecule has 8 nitrogen and oxygen atoms in total. The first-order chi connectivity index (χ1) is 14.5. The van der Waals surface area contributed by atoms with Crippen molar-refractivity contribution in [2.75, 3.05) is 26.0 Å². The maximum atomic E-state index is 12.4. The Morgan fingerprint density at radius 3 is 2.60 bits per heavy atom. The Balaban J connectivity index is 1.98. The zero-order chi connectivity index (χ0) is 21.7. The van der Waals surface area contributed by atoms with Gasteiger partial charge in [0.2, 0.25) is 0 Å². The molecule has 3 aromatic rings. The summed E-state index contributed by atoms with van der Waals surface area (Å²) in [5.41, 5.74) is 1.44. The van der Waals surface area contributed by atoms with Crippen LogP contribution in [0.1, 0.15) is 17.3 Å². The fourth-order valence-electron chi connectivity index (χ4n) is 2.81. The number of amides is 3. The molecule has 9 heteroatoms. The van der Waals surface area contributed by atoms with Gasteiger partial charge in [-0.05, 0) is 31.2 Å². The Morgan fingerprint density at radius 1 is 1.13 bits per heavy atom. The van der Waals surface area contributed by atoms with Gasteiger partial charge < -0.3 is 25.4 Å². The molecule has 3 rings (SSSR count). The largest absolute Gasteiger partial charge is 0.496 e. The molecule has 0 unspecified atom stereocenters. The second-order valence-corrected chi connectivity index (χ2v) is 6.59. The van der Waals surface area contributed by atoms with Gasteiger partial charge in [0.05, 0.1) is 28.9 Å². The van der Waals surface area contributed by atoms with Crippen LogP contribution in [0.4, 0.5) is 10.5 Å². The van der Waals surface area contributed by atoms with Crippen LogP contribution in [0.5, 0.6) is 17.2 Å². The standard InChI is InChI=1S/C21H21ClN4O4/c1-4-24-20(27)14-10-13-17(11-19(14)29-3)25-8-7-18(13)30-12-5-6-16(15(22)9-12)26-21(28)23-2/h5-11H,4H2,1-3H3,(H,24,27)(H2,23,26,28). The molecule has 0 bridgehead atoms. The van der Waals surface area contributed by atoms with E-state index < -0.39 is 0 Å². The lowest BCUT2D eigenvalue weighted by Gasteiger charge is -2.14. The van der Waals surface area contributed by atoms with Crippen molar-refractivity contribution in [2.24, 2.45) is 0 Å². The summed E-state index contributed by atoms with van der Waals surface area (Å²) >= 11 is 6.25. The molecule has 2 aromatic carbocycles. The number of rotatable bonds is 6. The number of urea groups is 1. The zero-order valence-corrected chi connectivity index (χ0v) is 17.5. The van der Waals surface area contributed by atoms with E-state index in [2.05, 4.69) is 20.9 Å². The molecule has 1 aromatic heterocycles. The number of methoxy groups -OCH3 is 1. The summed E-state index contributed by atoms with van der Waals surface area (Å²) in [5.74, 6) is 1.13. The van der Waals surface area contributed by atoms with Crippen LogP contribution in [0.15, 0.2) is 42.6 Å². The maximum absolute atomic E-state index is 12.4. The third-order valence-corrected chi connectivity index (χ3v) is 4.56. The predicted molar refractivity (Wildman–Crippen MR) is 116 cm³/mol. The highest BCUT2D eigenvalue weighted by Crippen LogP contribution is 2.35. The van der Waals surface area contributed by atoms with Gasteiger partial charge in [-0.1, -0.05) is 11.6 Å². The molecule has 0 saturated heterocycles. The lowest BCUT2D eigenvalue weighted by molar-refractivity contribution is 0.0953. The first kappa shape index (κ1) is 21.2. The van der Waals surface area contributed by atoms with Gasteiger partial charge in [-0.3, -0.25) is 9.78 Å². The average molecular weight is 429 g/mol. The third-order valence-electron chi connectivity index (χ3n) is 4.25. The molecule has 0 aliphatic heterocycles. The molecule has 0 aliphatic rings. The number of benzene rings is 2. The summed E-state index contributed by atoms with van der Waals surface area (Å²) < 4.78 is 11.4. The van der Waals surface area contributed by atoms with Gasteiger partial charge in [-0.15, -0.1) is 0 Å². The number of carbonyl (C=O) groups excluding carboxylic acids is 2. The molecule has 0 spiro atoms. The summed E-state index contributed by atoms with van der Waals surface area (Å²) in [4.78, 5) is 28.2. The van der Waals surface area contributed by atoms with Crippen molar-refractivity contribution in [2.45, 2.75) is 6.92 Å². The van der Waals surface area contributed by atoms with E-state index in [4.69, 9.17) is 21.1 Å². The van der Waals surface area contributed by atoms with Crippen LogP contribution in [-0.4, -0.2) is 37.6 Å². The molecule has 3 amide bonds. The Morgan fingerprint density at radius 2 is 1.93 bits per heavy atom. The molecule has 0 saturated carbocycles. The van der Waals surface area contributed by atoms with E-state index in [1.807, 2.05) is 6.92 Å². The van der Waals surface area contributed by atoms with Crippen LogP contribution in [0.25, 0.3) is 10.9 Å². The maximum Gasteiger partial charge on any atom is 0.319 e. The number of hydrogen-bond donors (Lipinski definition) is 3. The predicted octanol–water partition coefficient (Wildman–Crippen LogP) is 4.19. The minimum Gasteiger partial charge on any atom is -0.496 e. The summed E-state index contributed by atoms with van der Waals surface area (Å²) in [7, 11) is 3.01. The van der Waals surface area contributed by atoms with Crippen LogP contribution in [0.3, 0.4) is 0 Å². The lowest BCUT2D eigenvalue weighted by atomic mass is 10.1. The molecular weight excluding hydrogens is 408 g/mol. The fraction of sp³-hybridized carbons (Fsp3) is 0.190. The van der Waals surface area contributed by atoms with Crippen LogP contribution < -0.4 is 25.4 Å². The van der Waals surface area contributed by atoms with Crippen molar-refractivity contribution >= 4 is 40.1 Å². The number of hydrogen-bond acceptors (Lipinski definition) is 5. The van der Waals surface area contributed by atoms with Crippen molar-refractivity contribution in [3.63, 3.8) is 0 Å². The number of aromatic nitrogens is 1. The molecule has 0 atom stereocenters. The number of pyridine rings is 1. The monoisotopic (exact) mass is 428 g/mol. The SMILES string of the molecule is CCNC(=O)c1cc2c(Oc3ccc(NC(=O)NC)c(Cl)c3)ccnc2cc1OC. The van der Waals surface area contributed by atoms with Gasteiger partial charge in [0.25, 0.3) is 5.91 Å². The first-order valence-electron chi connectivity index (χ1n) is 9.18. The Hall–Kier alpha value is -3.52. The Bertz CT molecular complexity index is 1100. The molecule has 0 aliphatic carbocycles. The minimum atomic E-state index is -0.377. The summed E-state index contributed by atoms with van der Waals surface area (Å²) in [6, 6.07) is 9.60. The molecule has 3 N–H and O–H groups in total. The van der Waals surface area contributed by atoms with Crippen molar-refractivity contribution in [1.29, 1.82) is 0 Å². The average Bonchev–Trinajstić information content (AvgIpc) is 2.75. The van der Waals surface area contributed by atoms with E-state index in [-0.39, 0.29) is 11.9 Å². The zero-order valence-electron chi connectivity index (χ0n) is 16.7. The van der Waals surface area contributed by atoms with Gasteiger partial charge in [0.15, 0.2) is 0 Å².